The van der Waals surface area contributed by atoms with Crippen molar-refractivity contribution in [2.75, 3.05) is 26.2 Å². The maximum absolute atomic E-state index is 12.8. The molecule has 0 radical (unpaired) electrons. The number of carbonyl (C=O) groups excluding carboxylic acids is 1. The number of nitrogens with zero attached hydrogens (tertiary/aromatic N) is 4. The van der Waals surface area contributed by atoms with Crippen LogP contribution in [0.1, 0.15) is 23.1 Å². The van der Waals surface area contributed by atoms with Gasteiger partial charge in [0.1, 0.15) is 0 Å². The summed E-state index contributed by atoms with van der Waals surface area (Å²) in [5.74, 6) is 0.173. The van der Waals surface area contributed by atoms with E-state index in [0.717, 1.165) is 61.2 Å². The number of H-pyrrole nitrogens is 1. The average molecular weight is 373 g/mol. The minimum atomic E-state index is 0.173. The Kier molecular flexibility index (Phi) is 5.36. The highest BCUT2D eigenvalue weighted by Gasteiger charge is 2.19. The Morgan fingerprint density at radius 2 is 2.04 bits per heavy atom. The van der Waals surface area contributed by atoms with Gasteiger partial charge >= 0.3 is 0 Å². The van der Waals surface area contributed by atoms with E-state index in [4.69, 9.17) is 5.26 Å². The molecule has 28 heavy (non-hydrogen) atoms. The molecule has 142 valence electrons. The van der Waals surface area contributed by atoms with Gasteiger partial charge in [0.05, 0.1) is 29.8 Å². The van der Waals surface area contributed by atoms with Crippen LogP contribution < -0.4 is 0 Å². The van der Waals surface area contributed by atoms with E-state index >= 15 is 0 Å². The molecule has 2 aromatic carbocycles. The predicted molar refractivity (Wildman–Crippen MR) is 107 cm³/mol. The van der Waals surface area contributed by atoms with E-state index in [1.807, 2.05) is 41.3 Å². The van der Waals surface area contributed by atoms with Gasteiger partial charge in [-0.05, 0) is 35.7 Å². The second kappa shape index (κ2) is 8.24. The lowest BCUT2D eigenvalue weighted by Gasteiger charge is -2.22. The summed E-state index contributed by atoms with van der Waals surface area (Å²) in [5, 5.41) is 17.1. The molecule has 0 saturated carbocycles. The average Bonchev–Trinajstić information content (AvgIpc) is 3.05. The van der Waals surface area contributed by atoms with E-state index < -0.39 is 0 Å². The standard InChI is InChI=1S/C22H23N5O/c23-14-18-3-1-4-19(11-18)16-26-7-2-8-27(10-9-26)22(28)13-17-5-6-20-15-24-25-21(20)12-17/h1,3-6,11-12,15H,2,7-10,13,16H2,(H,24,25). The molecule has 1 aromatic heterocycles. The molecule has 1 N–H and O–H groups in total. The topological polar surface area (TPSA) is 76.0 Å². The van der Waals surface area contributed by atoms with Crippen LogP contribution in [0.5, 0.6) is 0 Å². The zero-order chi connectivity index (χ0) is 19.3. The van der Waals surface area contributed by atoms with Gasteiger partial charge in [0.25, 0.3) is 0 Å². The molecule has 6 nitrogen and oxygen atoms in total. The van der Waals surface area contributed by atoms with Crippen LogP contribution in [0.4, 0.5) is 0 Å². The van der Waals surface area contributed by atoms with E-state index in [1.165, 1.54) is 0 Å². The van der Waals surface area contributed by atoms with Crippen LogP contribution in [0, 0.1) is 11.3 Å². The number of hydrogen-bond donors (Lipinski definition) is 1. The van der Waals surface area contributed by atoms with Gasteiger partial charge in [0, 0.05) is 38.1 Å². The van der Waals surface area contributed by atoms with Crippen molar-refractivity contribution >= 4 is 16.8 Å². The van der Waals surface area contributed by atoms with E-state index in [0.29, 0.717) is 12.0 Å². The van der Waals surface area contributed by atoms with Crippen molar-refractivity contribution in [1.82, 2.24) is 20.0 Å². The third-order valence-corrected chi connectivity index (χ3v) is 5.27. The molecule has 0 atom stereocenters. The molecule has 1 aliphatic heterocycles. The van der Waals surface area contributed by atoms with Gasteiger partial charge in [0.15, 0.2) is 0 Å². The van der Waals surface area contributed by atoms with Crippen molar-refractivity contribution in [3.05, 3.63) is 65.4 Å². The first-order valence-electron chi connectivity index (χ1n) is 9.62. The summed E-state index contributed by atoms with van der Waals surface area (Å²) < 4.78 is 0. The Hall–Kier alpha value is -3.17. The van der Waals surface area contributed by atoms with Crippen LogP contribution in [0.15, 0.2) is 48.7 Å². The Morgan fingerprint density at radius 3 is 2.93 bits per heavy atom. The molecule has 0 spiro atoms. The second-order valence-electron chi connectivity index (χ2n) is 7.29. The summed E-state index contributed by atoms with van der Waals surface area (Å²) in [6.07, 6.45) is 3.17. The molecule has 1 amide bonds. The number of benzene rings is 2. The molecule has 2 heterocycles. The molecule has 3 aromatic rings. The molecule has 0 unspecified atom stereocenters. The Morgan fingerprint density at radius 1 is 1.11 bits per heavy atom. The Labute approximate surface area is 164 Å². The van der Waals surface area contributed by atoms with Crippen LogP contribution in [-0.2, 0) is 17.8 Å². The zero-order valence-corrected chi connectivity index (χ0v) is 15.8. The van der Waals surface area contributed by atoms with Gasteiger partial charge in [-0.2, -0.15) is 10.4 Å². The van der Waals surface area contributed by atoms with Crippen molar-refractivity contribution in [3.8, 4) is 6.07 Å². The van der Waals surface area contributed by atoms with E-state index in [-0.39, 0.29) is 5.91 Å². The maximum atomic E-state index is 12.8. The molecule has 1 saturated heterocycles. The third kappa shape index (κ3) is 4.21. The number of fused-ring (bicyclic) bond motifs is 1. The number of nitriles is 1. The van der Waals surface area contributed by atoms with Crippen molar-refractivity contribution < 1.29 is 4.79 Å². The maximum Gasteiger partial charge on any atom is 0.227 e. The Balaban J connectivity index is 1.35. The third-order valence-electron chi connectivity index (χ3n) is 5.27. The highest BCUT2D eigenvalue weighted by molar-refractivity contribution is 5.82. The Bertz CT molecular complexity index is 1020. The molecular formula is C22H23N5O. The van der Waals surface area contributed by atoms with Gasteiger partial charge in [0.2, 0.25) is 5.91 Å². The lowest BCUT2D eigenvalue weighted by atomic mass is 10.1. The summed E-state index contributed by atoms with van der Waals surface area (Å²) in [6, 6.07) is 16.0. The molecule has 6 heteroatoms. The van der Waals surface area contributed by atoms with E-state index in [9.17, 15) is 4.79 Å². The summed E-state index contributed by atoms with van der Waals surface area (Å²) in [4.78, 5) is 17.1. The summed E-state index contributed by atoms with van der Waals surface area (Å²) >= 11 is 0. The second-order valence-corrected chi connectivity index (χ2v) is 7.29. The van der Waals surface area contributed by atoms with Crippen LogP contribution >= 0.6 is 0 Å². The molecule has 0 bridgehead atoms. The van der Waals surface area contributed by atoms with Gasteiger partial charge in [-0.3, -0.25) is 14.8 Å². The van der Waals surface area contributed by atoms with Crippen molar-refractivity contribution in [2.24, 2.45) is 0 Å². The number of amides is 1. The fraction of sp³-hybridized carbons (Fsp3) is 0.318. The van der Waals surface area contributed by atoms with Crippen molar-refractivity contribution in [3.63, 3.8) is 0 Å². The number of nitrogens with one attached hydrogen (secondary N) is 1. The van der Waals surface area contributed by atoms with Crippen LogP contribution in [0.2, 0.25) is 0 Å². The molecule has 4 rings (SSSR count). The fourth-order valence-electron chi connectivity index (χ4n) is 3.76. The van der Waals surface area contributed by atoms with Crippen LogP contribution in [-0.4, -0.2) is 52.1 Å². The van der Waals surface area contributed by atoms with Gasteiger partial charge < -0.3 is 4.90 Å². The highest BCUT2D eigenvalue weighted by atomic mass is 16.2. The van der Waals surface area contributed by atoms with Gasteiger partial charge in [-0.15, -0.1) is 0 Å². The molecule has 1 aliphatic rings. The summed E-state index contributed by atoms with van der Waals surface area (Å²) in [7, 11) is 0. The van der Waals surface area contributed by atoms with E-state index in [2.05, 4.69) is 27.2 Å². The summed E-state index contributed by atoms with van der Waals surface area (Å²) in [6.45, 7) is 4.15. The first-order chi connectivity index (χ1) is 13.7. The van der Waals surface area contributed by atoms with E-state index in [1.54, 1.807) is 6.20 Å². The number of rotatable bonds is 4. The quantitative estimate of drug-likeness (QED) is 0.763. The van der Waals surface area contributed by atoms with Crippen molar-refractivity contribution in [2.45, 2.75) is 19.4 Å². The largest absolute Gasteiger partial charge is 0.341 e. The number of aromatic nitrogens is 2. The SMILES string of the molecule is N#Cc1cccc(CN2CCCN(C(=O)Cc3ccc4cn[nH]c4c3)CC2)c1. The van der Waals surface area contributed by atoms with Crippen LogP contribution in [0.25, 0.3) is 10.9 Å². The highest BCUT2D eigenvalue weighted by Crippen LogP contribution is 2.15. The zero-order valence-electron chi connectivity index (χ0n) is 15.8. The van der Waals surface area contributed by atoms with Crippen LogP contribution in [0.3, 0.4) is 0 Å². The molecular weight excluding hydrogens is 350 g/mol. The minimum absolute atomic E-state index is 0.173. The number of hydrogen-bond acceptors (Lipinski definition) is 4. The number of carbonyl (C=O) groups is 1. The molecule has 1 fully saturated rings. The van der Waals surface area contributed by atoms with Gasteiger partial charge in [-0.25, -0.2) is 0 Å². The monoisotopic (exact) mass is 373 g/mol. The van der Waals surface area contributed by atoms with Gasteiger partial charge in [-0.1, -0.05) is 24.3 Å². The minimum Gasteiger partial charge on any atom is -0.341 e. The molecule has 0 aliphatic carbocycles. The fourth-order valence-corrected chi connectivity index (χ4v) is 3.76. The predicted octanol–water partition coefficient (Wildman–Crippen LogP) is 2.71. The lowest BCUT2D eigenvalue weighted by molar-refractivity contribution is -0.130. The first kappa shape index (κ1) is 18.2. The smallest absolute Gasteiger partial charge is 0.227 e. The summed E-state index contributed by atoms with van der Waals surface area (Å²) in [5.41, 5.74) is 3.81. The number of aromatic amines is 1. The lowest BCUT2D eigenvalue weighted by Crippen LogP contribution is -2.36. The van der Waals surface area contributed by atoms with Crippen molar-refractivity contribution in [1.29, 1.82) is 5.26 Å². The first-order valence-corrected chi connectivity index (χ1v) is 9.62. The normalized spacial score (nSPS) is 15.3.